The van der Waals surface area contributed by atoms with Crippen LogP contribution in [-0.4, -0.2) is 75.9 Å². The summed E-state index contributed by atoms with van der Waals surface area (Å²) in [5.74, 6) is -4.44. The van der Waals surface area contributed by atoms with Gasteiger partial charge in [-0.05, 0) is 18.8 Å². The Kier molecular flexibility index (Phi) is 10.6. The molecule has 8 N–H and O–H groups in total. The summed E-state index contributed by atoms with van der Waals surface area (Å²) in [6, 6.07) is -4.93. The average molecular weight is 404 g/mol. The third-order valence-electron chi connectivity index (χ3n) is 4.07. The van der Waals surface area contributed by atoms with Gasteiger partial charge < -0.3 is 37.0 Å². The summed E-state index contributed by atoms with van der Waals surface area (Å²) >= 11 is 0. The van der Waals surface area contributed by atoms with Crippen molar-refractivity contribution in [3.05, 3.63) is 0 Å². The van der Waals surface area contributed by atoms with E-state index in [0.29, 0.717) is 0 Å². The van der Waals surface area contributed by atoms with E-state index in [1.54, 1.807) is 27.7 Å². The van der Waals surface area contributed by atoms with Gasteiger partial charge in [-0.1, -0.05) is 27.7 Å². The lowest BCUT2D eigenvalue weighted by molar-refractivity contribution is -0.144. The van der Waals surface area contributed by atoms with Gasteiger partial charge in [0.25, 0.3) is 0 Å². The Morgan fingerprint density at radius 2 is 1.18 bits per heavy atom. The number of hydrogen-bond donors (Lipinski definition) is 7. The van der Waals surface area contributed by atoms with Crippen molar-refractivity contribution < 1.29 is 34.5 Å². The lowest BCUT2D eigenvalue weighted by atomic mass is 10.0. The highest BCUT2D eigenvalue weighted by Gasteiger charge is 2.34. The molecule has 0 bridgehead atoms. The molecule has 0 aromatic rings. The van der Waals surface area contributed by atoms with E-state index in [4.69, 9.17) is 10.8 Å². The van der Waals surface area contributed by atoms with Gasteiger partial charge in [-0.3, -0.25) is 14.4 Å². The minimum Gasteiger partial charge on any atom is -0.480 e. The predicted molar refractivity (Wildman–Crippen MR) is 99.8 cm³/mol. The highest BCUT2D eigenvalue weighted by atomic mass is 16.4. The van der Waals surface area contributed by atoms with E-state index in [2.05, 4.69) is 16.0 Å². The molecule has 3 amide bonds. The van der Waals surface area contributed by atoms with Crippen molar-refractivity contribution in [2.24, 2.45) is 17.6 Å². The summed E-state index contributed by atoms with van der Waals surface area (Å²) in [5, 5.41) is 35.0. The summed E-state index contributed by atoms with van der Waals surface area (Å²) in [6.45, 7) is 7.15. The van der Waals surface area contributed by atoms with Crippen LogP contribution in [0.1, 0.15) is 34.6 Å². The summed E-state index contributed by atoms with van der Waals surface area (Å²) in [4.78, 5) is 48.1. The molecule has 11 heteroatoms. The Morgan fingerprint density at radius 1 is 0.786 bits per heavy atom. The number of carbonyl (C=O) groups is 4. The number of carboxylic acids is 1. The first-order valence-corrected chi connectivity index (χ1v) is 9.01. The molecule has 0 aromatic heterocycles. The number of aliphatic hydroxyl groups is 2. The van der Waals surface area contributed by atoms with Gasteiger partial charge in [0.15, 0.2) is 0 Å². The van der Waals surface area contributed by atoms with Gasteiger partial charge >= 0.3 is 5.97 Å². The minimum atomic E-state index is -1.43. The maximum Gasteiger partial charge on any atom is 0.326 e. The van der Waals surface area contributed by atoms with Crippen LogP contribution in [-0.2, 0) is 19.2 Å². The topological polar surface area (TPSA) is 191 Å². The molecule has 0 heterocycles. The van der Waals surface area contributed by atoms with Crippen LogP contribution in [0.5, 0.6) is 0 Å². The molecule has 5 atom stereocenters. The van der Waals surface area contributed by atoms with Crippen molar-refractivity contribution in [3.63, 3.8) is 0 Å². The molecule has 11 nitrogen and oxygen atoms in total. The zero-order valence-electron chi connectivity index (χ0n) is 16.8. The minimum absolute atomic E-state index is 0.394. The van der Waals surface area contributed by atoms with E-state index in [1.807, 2.05) is 0 Å². The van der Waals surface area contributed by atoms with Gasteiger partial charge in [0.05, 0.1) is 12.7 Å². The standard InChI is InChI=1S/C17H32N4O7/c1-7(2)11(19-14(24)10(18)6-22)15(25)21-13(9(5)23)16(26)20-12(8(3)4)17(27)28/h7-13,22-23H,6,18H2,1-5H3,(H,19,24)(H,20,26)(H,21,25)(H,27,28). The lowest BCUT2D eigenvalue weighted by Crippen LogP contribution is -2.61. The van der Waals surface area contributed by atoms with Crippen LogP contribution in [0.25, 0.3) is 0 Å². The van der Waals surface area contributed by atoms with Gasteiger partial charge in [-0.25, -0.2) is 4.79 Å². The fraction of sp³-hybridized carbons (Fsp3) is 0.765. The highest BCUT2D eigenvalue weighted by Crippen LogP contribution is 2.06. The number of aliphatic hydroxyl groups excluding tert-OH is 2. The van der Waals surface area contributed by atoms with E-state index < -0.39 is 72.4 Å². The van der Waals surface area contributed by atoms with E-state index >= 15 is 0 Å². The molecular formula is C17H32N4O7. The third kappa shape index (κ3) is 7.79. The van der Waals surface area contributed by atoms with Crippen molar-refractivity contribution in [2.45, 2.75) is 64.9 Å². The first kappa shape index (κ1) is 25.8. The maximum atomic E-state index is 12.6. The van der Waals surface area contributed by atoms with E-state index in [0.717, 1.165) is 0 Å². The van der Waals surface area contributed by atoms with E-state index in [9.17, 15) is 29.4 Å². The monoisotopic (exact) mass is 404 g/mol. The second-order valence-corrected chi connectivity index (χ2v) is 7.31. The molecule has 0 aromatic carbocycles. The van der Waals surface area contributed by atoms with E-state index in [1.165, 1.54) is 6.92 Å². The molecule has 0 spiro atoms. The van der Waals surface area contributed by atoms with Crippen LogP contribution < -0.4 is 21.7 Å². The summed E-state index contributed by atoms with van der Waals surface area (Å²) in [5.41, 5.74) is 5.42. The van der Waals surface area contributed by atoms with E-state index in [-0.39, 0.29) is 0 Å². The van der Waals surface area contributed by atoms with Crippen LogP contribution in [0.3, 0.4) is 0 Å². The van der Waals surface area contributed by atoms with Crippen molar-refractivity contribution in [2.75, 3.05) is 6.61 Å². The SMILES string of the molecule is CC(C)C(NC(=O)C(NC(=O)C(NC(=O)C(N)CO)C(C)C)C(C)O)C(=O)O. The van der Waals surface area contributed by atoms with Crippen LogP contribution in [0.2, 0.25) is 0 Å². The molecular weight excluding hydrogens is 372 g/mol. The smallest absolute Gasteiger partial charge is 0.326 e. The second kappa shape index (κ2) is 11.6. The van der Waals surface area contributed by atoms with Crippen molar-refractivity contribution in [3.8, 4) is 0 Å². The first-order valence-electron chi connectivity index (χ1n) is 9.01. The largest absolute Gasteiger partial charge is 0.480 e. The Balaban J connectivity index is 5.32. The Labute approximate surface area is 164 Å². The average Bonchev–Trinajstić information content (AvgIpc) is 2.59. The highest BCUT2D eigenvalue weighted by molar-refractivity contribution is 5.94. The van der Waals surface area contributed by atoms with Gasteiger partial charge in [-0.2, -0.15) is 0 Å². The molecule has 5 unspecified atom stereocenters. The van der Waals surface area contributed by atoms with Gasteiger partial charge in [0, 0.05) is 0 Å². The molecule has 0 radical (unpaired) electrons. The van der Waals surface area contributed by atoms with Crippen LogP contribution in [0.4, 0.5) is 0 Å². The number of amides is 3. The molecule has 0 saturated heterocycles. The molecule has 0 aliphatic rings. The van der Waals surface area contributed by atoms with Crippen molar-refractivity contribution in [1.82, 2.24) is 16.0 Å². The molecule has 0 aliphatic carbocycles. The number of carbonyl (C=O) groups excluding carboxylic acids is 3. The molecule has 28 heavy (non-hydrogen) atoms. The van der Waals surface area contributed by atoms with Crippen molar-refractivity contribution in [1.29, 1.82) is 0 Å². The predicted octanol–water partition coefficient (Wildman–Crippen LogP) is -2.46. The second-order valence-electron chi connectivity index (χ2n) is 7.31. The zero-order chi connectivity index (χ0) is 22.2. The maximum absolute atomic E-state index is 12.6. The summed E-state index contributed by atoms with van der Waals surface area (Å²) in [7, 11) is 0. The summed E-state index contributed by atoms with van der Waals surface area (Å²) < 4.78 is 0. The molecule has 0 fully saturated rings. The van der Waals surface area contributed by atoms with Gasteiger partial charge in [0.2, 0.25) is 17.7 Å². The van der Waals surface area contributed by atoms with Crippen LogP contribution in [0, 0.1) is 11.8 Å². The number of nitrogens with two attached hydrogens (primary N) is 1. The molecule has 0 rings (SSSR count). The number of hydrogen-bond acceptors (Lipinski definition) is 7. The fourth-order valence-electron chi connectivity index (χ4n) is 2.28. The summed E-state index contributed by atoms with van der Waals surface area (Å²) in [6.07, 6.45) is -1.33. The van der Waals surface area contributed by atoms with Crippen molar-refractivity contribution >= 4 is 23.7 Å². The number of aliphatic carboxylic acids is 1. The van der Waals surface area contributed by atoms with Gasteiger partial charge in [0.1, 0.15) is 24.2 Å². The number of carboxylic acid groups (broad SMARTS) is 1. The Bertz CT molecular complexity index is 566. The Hall–Kier alpha value is -2.24. The normalized spacial score (nSPS) is 16.6. The quantitative estimate of drug-likeness (QED) is 0.197. The number of rotatable bonds is 11. The molecule has 0 aliphatic heterocycles. The van der Waals surface area contributed by atoms with Gasteiger partial charge in [-0.15, -0.1) is 0 Å². The Morgan fingerprint density at radius 3 is 1.54 bits per heavy atom. The first-order chi connectivity index (χ1) is 12.8. The molecule has 162 valence electrons. The third-order valence-corrected chi connectivity index (χ3v) is 4.07. The number of nitrogens with one attached hydrogen (secondary N) is 3. The molecule has 0 saturated carbocycles. The lowest BCUT2D eigenvalue weighted by Gasteiger charge is -2.28. The van der Waals surface area contributed by atoms with Crippen LogP contribution in [0.15, 0.2) is 0 Å². The van der Waals surface area contributed by atoms with Crippen LogP contribution >= 0.6 is 0 Å². The fourth-order valence-corrected chi connectivity index (χ4v) is 2.28. The zero-order valence-corrected chi connectivity index (χ0v) is 16.8.